The van der Waals surface area contributed by atoms with Crippen LogP contribution >= 0.6 is 0 Å². The zero-order chi connectivity index (χ0) is 18.5. The van der Waals surface area contributed by atoms with Crippen LogP contribution in [-0.4, -0.2) is 25.8 Å². The summed E-state index contributed by atoms with van der Waals surface area (Å²) >= 11 is 0. The monoisotopic (exact) mass is 367 g/mol. The van der Waals surface area contributed by atoms with E-state index in [0.29, 0.717) is 18.0 Å². The molecule has 1 rings (SSSR count). The van der Waals surface area contributed by atoms with Crippen molar-refractivity contribution in [2.75, 3.05) is 13.1 Å². The van der Waals surface area contributed by atoms with Gasteiger partial charge in [-0.15, -0.1) is 0 Å². The molecule has 144 valence electrons. The summed E-state index contributed by atoms with van der Waals surface area (Å²) in [4.78, 5) is 0.443. The summed E-state index contributed by atoms with van der Waals surface area (Å²) in [7, 11) is -3.37. The van der Waals surface area contributed by atoms with E-state index < -0.39 is 10.0 Å². The van der Waals surface area contributed by atoms with Gasteiger partial charge in [0, 0.05) is 13.1 Å². The van der Waals surface area contributed by atoms with Gasteiger partial charge in [-0.25, -0.2) is 8.42 Å². The Morgan fingerprint density at radius 2 is 1.24 bits per heavy atom. The van der Waals surface area contributed by atoms with Crippen molar-refractivity contribution in [2.24, 2.45) is 0 Å². The molecule has 0 fully saturated rings. The highest BCUT2D eigenvalue weighted by atomic mass is 32.2. The second-order valence-electron chi connectivity index (χ2n) is 6.92. The number of sulfonamides is 1. The zero-order valence-electron chi connectivity index (χ0n) is 16.5. The van der Waals surface area contributed by atoms with E-state index in [-0.39, 0.29) is 0 Å². The van der Waals surface area contributed by atoms with Crippen LogP contribution < -0.4 is 0 Å². The van der Waals surface area contributed by atoms with Gasteiger partial charge in [0.1, 0.15) is 0 Å². The van der Waals surface area contributed by atoms with Crippen molar-refractivity contribution in [2.45, 2.75) is 89.9 Å². The second kappa shape index (κ2) is 12.5. The van der Waals surface area contributed by atoms with E-state index in [1.165, 1.54) is 31.2 Å². The van der Waals surface area contributed by atoms with Gasteiger partial charge in [-0.05, 0) is 37.0 Å². The first-order valence-electron chi connectivity index (χ1n) is 10.1. The first kappa shape index (κ1) is 22.2. The van der Waals surface area contributed by atoms with Crippen molar-refractivity contribution in [3.8, 4) is 0 Å². The van der Waals surface area contributed by atoms with Crippen LogP contribution in [0.25, 0.3) is 0 Å². The third kappa shape index (κ3) is 7.91. The summed E-state index contributed by atoms with van der Waals surface area (Å²) in [6.07, 6.45) is 10.9. The zero-order valence-corrected chi connectivity index (χ0v) is 17.3. The lowest BCUT2D eigenvalue weighted by Crippen LogP contribution is -2.33. The number of hydrogen-bond acceptors (Lipinski definition) is 2. The third-order valence-electron chi connectivity index (χ3n) is 4.62. The molecule has 0 atom stereocenters. The smallest absolute Gasteiger partial charge is 0.207 e. The van der Waals surface area contributed by atoms with E-state index in [4.69, 9.17) is 0 Å². The van der Waals surface area contributed by atoms with Crippen molar-refractivity contribution in [1.29, 1.82) is 0 Å². The minimum absolute atomic E-state index is 0.443. The molecule has 0 aliphatic rings. The highest BCUT2D eigenvalue weighted by Gasteiger charge is 2.23. The highest BCUT2D eigenvalue weighted by Crippen LogP contribution is 2.19. The van der Waals surface area contributed by atoms with Gasteiger partial charge in [-0.3, -0.25) is 0 Å². The quantitative estimate of drug-likeness (QED) is 0.390. The van der Waals surface area contributed by atoms with Crippen LogP contribution in [0.5, 0.6) is 0 Å². The highest BCUT2D eigenvalue weighted by molar-refractivity contribution is 7.89. The lowest BCUT2D eigenvalue weighted by Gasteiger charge is -2.22. The van der Waals surface area contributed by atoms with Crippen molar-refractivity contribution in [1.82, 2.24) is 4.31 Å². The molecule has 0 amide bonds. The first-order chi connectivity index (χ1) is 12.1. The van der Waals surface area contributed by atoms with Crippen molar-refractivity contribution < 1.29 is 8.42 Å². The summed E-state index contributed by atoms with van der Waals surface area (Å²) in [5.41, 5.74) is 1.21. The van der Waals surface area contributed by atoms with Crippen LogP contribution in [0.4, 0.5) is 0 Å². The van der Waals surface area contributed by atoms with Gasteiger partial charge in [-0.1, -0.05) is 77.8 Å². The maximum atomic E-state index is 13.1. The van der Waals surface area contributed by atoms with Crippen molar-refractivity contribution >= 4 is 10.0 Å². The Kier molecular flexibility index (Phi) is 11.1. The summed E-state index contributed by atoms with van der Waals surface area (Å²) in [5.74, 6) is 0. The fourth-order valence-corrected chi connectivity index (χ4v) is 4.56. The standard InChI is InChI=1S/C21H37NO2S/c1-4-7-9-11-18-22(19-12-10-8-5-2)25(23,24)21-16-14-20(13-6-3)15-17-21/h14-17H,4-13,18-19H2,1-3H3. The van der Waals surface area contributed by atoms with Gasteiger partial charge in [0.25, 0.3) is 0 Å². The van der Waals surface area contributed by atoms with Crippen LogP contribution in [0.1, 0.15) is 84.1 Å². The van der Waals surface area contributed by atoms with Gasteiger partial charge in [0.15, 0.2) is 0 Å². The maximum absolute atomic E-state index is 13.1. The number of rotatable bonds is 14. The molecule has 0 N–H and O–H groups in total. The van der Waals surface area contributed by atoms with E-state index in [1.807, 2.05) is 12.1 Å². The van der Waals surface area contributed by atoms with Gasteiger partial charge < -0.3 is 0 Å². The van der Waals surface area contributed by atoms with Crippen LogP contribution in [-0.2, 0) is 16.4 Å². The maximum Gasteiger partial charge on any atom is 0.243 e. The minimum Gasteiger partial charge on any atom is -0.207 e. The lowest BCUT2D eigenvalue weighted by atomic mass is 10.1. The molecule has 1 aromatic rings. The van der Waals surface area contributed by atoms with E-state index >= 15 is 0 Å². The molecule has 0 saturated carbocycles. The summed E-state index contributed by atoms with van der Waals surface area (Å²) < 4.78 is 27.8. The Balaban J connectivity index is 2.79. The SMILES string of the molecule is CCCCCCN(CCCCCC)S(=O)(=O)c1ccc(CCC)cc1. The molecular weight excluding hydrogens is 330 g/mol. The first-order valence-corrected chi connectivity index (χ1v) is 11.6. The van der Waals surface area contributed by atoms with Gasteiger partial charge in [0.2, 0.25) is 10.0 Å². The molecule has 0 aliphatic carbocycles. The molecule has 0 unspecified atom stereocenters. The Bertz CT molecular complexity index is 540. The summed E-state index contributed by atoms with van der Waals surface area (Å²) in [6.45, 7) is 7.78. The molecule has 25 heavy (non-hydrogen) atoms. The fraction of sp³-hybridized carbons (Fsp3) is 0.714. The molecule has 0 heterocycles. The molecular formula is C21H37NO2S. The lowest BCUT2D eigenvalue weighted by molar-refractivity contribution is 0.385. The average Bonchev–Trinajstić information content (AvgIpc) is 2.61. The molecule has 0 radical (unpaired) electrons. The average molecular weight is 368 g/mol. The molecule has 0 aliphatic heterocycles. The summed E-state index contributed by atoms with van der Waals surface area (Å²) in [5, 5.41) is 0. The topological polar surface area (TPSA) is 37.4 Å². The fourth-order valence-electron chi connectivity index (χ4n) is 3.05. The normalized spacial score (nSPS) is 12.0. The number of hydrogen-bond donors (Lipinski definition) is 0. The Morgan fingerprint density at radius 1 is 0.720 bits per heavy atom. The molecule has 0 saturated heterocycles. The third-order valence-corrected chi connectivity index (χ3v) is 6.53. The van der Waals surface area contributed by atoms with Crippen molar-refractivity contribution in [3.05, 3.63) is 29.8 Å². The second-order valence-corrected chi connectivity index (χ2v) is 8.86. The van der Waals surface area contributed by atoms with E-state index in [0.717, 1.165) is 38.5 Å². The predicted octanol–water partition coefficient (Wildman–Crippen LogP) is 5.79. The number of unbranched alkanes of at least 4 members (excludes halogenated alkanes) is 6. The molecule has 4 heteroatoms. The molecule has 0 aromatic heterocycles. The number of nitrogens with zero attached hydrogens (tertiary/aromatic N) is 1. The van der Waals surface area contributed by atoms with E-state index in [9.17, 15) is 8.42 Å². The van der Waals surface area contributed by atoms with Gasteiger partial charge >= 0.3 is 0 Å². The Hall–Kier alpha value is -0.870. The molecule has 3 nitrogen and oxygen atoms in total. The number of benzene rings is 1. The molecule has 1 aromatic carbocycles. The summed E-state index contributed by atoms with van der Waals surface area (Å²) in [6, 6.07) is 7.49. The van der Waals surface area contributed by atoms with E-state index in [1.54, 1.807) is 16.4 Å². The van der Waals surface area contributed by atoms with Crippen molar-refractivity contribution in [3.63, 3.8) is 0 Å². The van der Waals surface area contributed by atoms with Crippen LogP contribution in [0, 0.1) is 0 Å². The largest absolute Gasteiger partial charge is 0.243 e. The number of aryl methyl sites for hydroxylation is 1. The van der Waals surface area contributed by atoms with Gasteiger partial charge in [-0.2, -0.15) is 4.31 Å². The molecule has 0 bridgehead atoms. The molecule has 0 spiro atoms. The van der Waals surface area contributed by atoms with Crippen LogP contribution in [0.15, 0.2) is 29.2 Å². The van der Waals surface area contributed by atoms with E-state index in [2.05, 4.69) is 20.8 Å². The Labute approximate surface area is 155 Å². The predicted molar refractivity (Wildman–Crippen MR) is 107 cm³/mol. The van der Waals surface area contributed by atoms with Gasteiger partial charge in [0.05, 0.1) is 4.90 Å². The Morgan fingerprint density at radius 3 is 1.68 bits per heavy atom. The van der Waals surface area contributed by atoms with Crippen LogP contribution in [0.2, 0.25) is 0 Å². The minimum atomic E-state index is -3.37. The van der Waals surface area contributed by atoms with Crippen LogP contribution in [0.3, 0.4) is 0 Å².